The van der Waals surface area contributed by atoms with Crippen molar-refractivity contribution in [3.63, 3.8) is 0 Å². The molecule has 1 aromatic rings. The highest BCUT2D eigenvalue weighted by Gasteiger charge is 2.13. The van der Waals surface area contributed by atoms with Crippen LogP contribution >= 0.6 is 0 Å². The van der Waals surface area contributed by atoms with Crippen molar-refractivity contribution in [2.24, 2.45) is 4.99 Å². The molecule has 0 aromatic heterocycles. The van der Waals surface area contributed by atoms with E-state index in [1.165, 1.54) is 19.2 Å². The van der Waals surface area contributed by atoms with E-state index in [4.69, 9.17) is 4.74 Å². The molecule has 1 rings (SSSR count). The Balaban J connectivity index is 2.51. The SMILES string of the molecule is CN=C(NCC(=O)NCCOC)NC(C)c1ccc(F)cc1F. The number of rotatable bonds is 7. The van der Waals surface area contributed by atoms with Crippen LogP contribution in [0.1, 0.15) is 18.5 Å². The van der Waals surface area contributed by atoms with Crippen LogP contribution in [0.5, 0.6) is 0 Å². The highest BCUT2D eigenvalue weighted by molar-refractivity contribution is 5.86. The Morgan fingerprint density at radius 2 is 2.09 bits per heavy atom. The zero-order valence-corrected chi connectivity index (χ0v) is 13.5. The minimum absolute atomic E-state index is 0.0159. The van der Waals surface area contributed by atoms with Crippen molar-refractivity contribution in [3.8, 4) is 0 Å². The topological polar surface area (TPSA) is 74.8 Å². The monoisotopic (exact) mass is 328 g/mol. The minimum Gasteiger partial charge on any atom is -0.383 e. The van der Waals surface area contributed by atoms with Gasteiger partial charge in [-0.05, 0) is 13.0 Å². The zero-order chi connectivity index (χ0) is 17.2. The Labute approximate surface area is 134 Å². The summed E-state index contributed by atoms with van der Waals surface area (Å²) in [5.41, 5.74) is 0.305. The maximum Gasteiger partial charge on any atom is 0.239 e. The average molecular weight is 328 g/mol. The number of methoxy groups -OCH3 is 1. The van der Waals surface area contributed by atoms with E-state index < -0.39 is 17.7 Å². The van der Waals surface area contributed by atoms with Gasteiger partial charge in [0.05, 0.1) is 19.2 Å². The maximum atomic E-state index is 13.7. The van der Waals surface area contributed by atoms with Gasteiger partial charge in [-0.15, -0.1) is 0 Å². The van der Waals surface area contributed by atoms with Crippen LogP contribution in [0.4, 0.5) is 8.78 Å². The van der Waals surface area contributed by atoms with Gasteiger partial charge >= 0.3 is 0 Å². The minimum atomic E-state index is -0.641. The molecule has 23 heavy (non-hydrogen) atoms. The first-order chi connectivity index (χ1) is 11.0. The Morgan fingerprint density at radius 1 is 1.35 bits per heavy atom. The van der Waals surface area contributed by atoms with E-state index >= 15 is 0 Å². The van der Waals surface area contributed by atoms with Gasteiger partial charge in [-0.1, -0.05) is 6.07 Å². The third-order valence-electron chi connectivity index (χ3n) is 3.05. The van der Waals surface area contributed by atoms with Crippen LogP contribution < -0.4 is 16.0 Å². The Bertz CT molecular complexity index is 552. The van der Waals surface area contributed by atoms with Gasteiger partial charge in [0, 0.05) is 32.3 Å². The summed E-state index contributed by atoms with van der Waals surface area (Å²) in [5, 5.41) is 8.41. The van der Waals surface area contributed by atoms with Crippen LogP contribution in [0, 0.1) is 11.6 Å². The predicted molar refractivity (Wildman–Crippen MR) is 84.2 cm³/mol. The largest absolute Gasteiger partial charge is 0.383 e. The lowest BCUT2D eigenvalue weighted by Crippen LogP contribution is -2.44. The van der Waals surface area contributed by atoms with E-state index in [2.05, 4.69) is 20.9 Å². The van der Waals surface area contributed by atoms with Crippen molar-refractivity contribution in [3.05, 3.63) is 35.4 Å². The molecule has 128 valence electrons. The fraction of sp³-hybridized carbons (Fsp3) is 0.467. The molecule has 0 saturated carbocycles. The average Bonchev–Trinajstić information content (AvgIpc) is 2.51. The molecule has 1 amide bonds. The molecular formula is C15H22F2N4O2. The molecule has 1 aromatic carbocycles. The summed E-state index contributed by atoms with van der Waals surface area (Å²) in [6.07, 6.45) is 0. The van der Waals surface area contributed by atoms with E-state index in [1.54, 1.807) is 14.0 Å². The number of halogens is 2. The molecule has 0 aliphatic carbocycles. The van der Waals surface area contributed by atoms with E-state index in [9.17, 15) is 13.6 Å². The predicted octanol–water partition coefficient (Wildman–Crippen LogP) is 0.953. The standard InChI is InChI=1S/C15H22F2N4O2/c1-10(12-5-4-11(16)8-13(12)17)21-15(18-2)20-9-14(22)19-6-7-23-3/h4-5,8,10H,6-7,9H2,1-3H3,(H,19,22)(H2,18,20,21). The number of benzene rings is 1. The van der Waals surface area contributed by atoms with E-state index in [1.807, 2.05) is 0 Å². The van der Waals surface area contributed by atoms with E-state index in [0.29, 0.717) is 24.7 Å². The highest BCUT2D eigenvalue weighted by Crippen LogP contribution is 2.17. The maximum absolute atomic E-state index is 13.7. The number of hydrogen-bond donors (Lipinski definition) is 3. The molecule has 0 heterocycles. The van der Waals surface area contributed by atoms with Gasteiger partial charge in [0.25, 0.3) is 0 Å². The van der Waals surface area contributed by atoms with Gasteiger partial charge in [0.1, 0.15) is 11.6 Å². The highest BCUT2D eigenvalue weighted by atomic mass is 19.1. The number of carbonyl (C=O) groups excluding carboxylic acids is 1. The third kappa shape index (κ3) is 6.60. The van der Waals surface area contributed by atoms with Crippen LogP contribution in [-0.2, 0) is 9.53 Å². The number of nitrogens with zero attached hydrogens (tertiary/aromatic N) is 1. The first-order valence-corrected chi connectivity index (χ1v) is 7.15. The molecule has 0 aliphatic rings. The van der Waals surface area contributed by atoms with Gasteiger partial charge in [0.2, 0.25) is 5.91 Å². The number of amides is 1. The van der Waals surface area contributed by atoms with E-state index in [0.717, 1.165) is 6.07 Å². The second-order valence-electron chi connectivity index (χ2n) is 4.80. The van der Waals surface area contributed by atoms with Gasteiger partial charge < -0.3 is 20.7 Å². The lowest BCUT2D eigenvalue weighted by molar-refractivity contribution is -0.120. The summed E-state index contributed by atoms with van der Waals surface area (Å²) in [5.74, 6) is -1.15. The fourth-order valence-corrected chi connectivity index (χ4v) is 1.85. The summed E-state index contributed by atoms with van der Waals surface area (Å²) in [6, 6.07) is 2.94. The van der Waals surface area contributed by atoms with Crippen molar-refractivity contribution >= 4 is 11.9 Å². The second-order valence-corrected chi connectivity index (χ2v) is 4.80. The molecule has 0 radical (unpaired) electrons. The lowest BCUT2D eigenvalue weighted by atomic mass is 10.1. The lowest BCUT2D eigenvalue weighted by Gasteiger charge is -2.18. The normalized spacial score (nSPS) is 12.7. The van der Waals surface area contributed by atoms with Crippen LogP contribution in [0.15, 0.2) is 23.2 Å². The van der Waals surface area contributed by atoms with Crippen LogP contribution in [0.2, 0.25) is 0 Å². The fourth-order valence-electron chi connectivity index (χ4n) is 1.85. The molecule has 0 aliphatic heterocycles. The first-order valence-electron chi connectivity index (χ1n) is 7.15. The summed E-state index contributed by atoms with van der Waals surface area (Å²) >= 11 is 0. The summed E-state index contributed by atoms with van der Waals surface area (Å²) < 4.78 is 31.5. The molecule has 0 saturated heterocycles. The van der Waals surface area contributed by atoms with Crippen LogP contribution in [0.25, 0.3) is 0 Å². The quantitative estimate of drug-likeness (QED) is 0.396. The molecule has 1 unspecified atom stereocenters. The summed E-state index contributed by atoms with van der Waals surface area (Å²) in [6.45, 7) is 2.57. The number of guanidine groups is 1. The van der Waals surface area contributed by atoms with Gasteiger partial charge in [0.15, 0.2) is 5.96 Å². The van der Waals surface area contributed by atoms with Crippen LogP contribution in [-0.4, -0.2) is 45.7 Å². The summed E-state index contributed by atoms with van der Waals surface area (Å²) in [7, 11) is 3.08. The first kappa shape index (κ1) is 18.8. The van der Waals surface area contributed by atoms with Crippen LogP contribution in [0.3, 0.4) is 0 Å². The van der Waals surface area contributed by atoms with E-state index in [-0.39, 0.29) is 12.5 Å². The number of aliphatic imine (C=N–C) groups is 1. The number of carbonyl (C=O) groups is 1. The van der Waals surface area contributed by atoms with Crippen molar-refractivity contribution in [1.29, 1.82) is 0 Å². The Hall–Kier alpha value is -2.22. The van der Waals surface area contributed by atoms with Crippen molar-refractivity contribution in [1.82, 2.24) is 16.0 Å². The smallest absolute Gasteiger partial charge is 0.239 e. The second kappa shape index (κ2) is 9.73. The molecule has 8 heteroatoms. The Kier molecular flexibility index (Phi) is 7.96. The van der Waals surface area contributed by atoms with Crippen molar-refractivity contribution in [2.75, 3.05) is 33.9 Å². The third-order valence-corrected chi connectivity index (χ3v) is 3.05. The molecule has 6 nitrogen and oxygen atoms in total. The van der Waals surface area contributed by atoms with Crippen molar-refractivity contribution in [2.45, 2.75) is 13.0 Å². The number of nitrogens with one attached hydrogen (secondary N) is 3. The number of hydrogen-bond acceptors (Lipinski definition) is 3. The molecule has 0 spiro atoms. The summed E-state index contributed by atoms with van der Waals surface area (Å²) in [4.78, 5) is 15.5. The molecule has 0 fully saturated rings. The Morgan fingerprint density at radius 3 is 2.70 bits per heavy atom. The zero-order valence-electron chi connectivity index (χ0n) is 13.5. The molecule has 1 atom stereocenters. The molecular weight excluding hydrogens is 306 g/mol. The molecule has 0 bridgehead atoms. The van der Waals surface area contributed by atoms with Gasteiger partial charge in [-0.3, -0.25) is 9.79 Å². The van der Waals surface area contributed by atoms with Gasteiger partial charge in [-0.2, -0.15) is 0 Å². The number of ether oxygens (including phenoxy) is 1. The van der Waals surface area contributed by atoms with Crippen molar-refractivity contribution < 1.29 is 18.3 Å². The molecule has 3 N–H and O–H groups in total. The van der Waals surface area contributed by atoms with Gasteiger partial charge in [-0.25, -0.2) is 8.78 Å².